The first kappa shape index (κ1) is 23.0. The predicted molar refractivity (Wildman–Crippen MR) is 128 cm³/mol. The lowest BCUT2D eigenvalue weighted by Gasteiger charge is -2.24. The van der Waals surface area contributed by atoms with Crippen molar-refractivity contribution in [1.82, 2.24) is 10.6 Å². The molecule has 8 nitrogen and oxygen atoms in total. The van der Waals surface area contributed by atoms with Gasteiger partial charge in [-0.2, -0.15) is 5.10 Å². The van der Waals surface area contributed by atoms with Crippen molar-refractivity contribution in [2.24, 2.45) is 5.10 Å². The zero-order chi connectivity index (χ0) is 24.1. The molecule has 0 radical (unpaired) electrons. The maximum atomic E-state index is 12.8. The van der Waals surface area contributed by atoms with Crippen molar-refractivity contribution in [3.8, 4) is 0 Å². The standard InChI is InChI=1S/C26H26N4O4/c1-17-8-9-18(2)23(13-17)30-24(31)11-10-22(29-30)26(33)27-15-19-5-3-6-20(14-19)25(32)28-16-21-7-4-12-34-21/h3-9,12-14H,10-11,15-16H2,1-2H3,(H,27,33)(H,28,32). The van der Waals surface area contributed by atoms with Gasteiger partial charge in [-0.05, 0) is 60.9 Å². The number of rotatable bonds is 7. The molecule has 0 saturated carbocycles. The van der Waals surface area contributed by atoms with Gasteiger partial charge in [-0.3, -0.25) is 14.4 Å². The van der Waals surface area contributed by atoms with Crippen LogP contribution in [0.2, 0.25) is 0 Å². The van der Waals surface area contributed by atoms with Crippen LogP contribution in [0, 0.1) is 13.8 Å². The Bertz CT molecular complexity index is 1250. The summed E-state index contributed by atoms with van der Waals surface area (Å²) < 4.78 is 5.22. The average Bonchev–Trinajstić information content (AvgIpc) is 3.37. The molecular formula is C26H26N4O4. The Hall–Kier alpha value is -4.20. The fourth-order valence-electron chi connectivity index (χ4n) is 3.64. The van der Waals surface area contributed by atoms with Gasteiger partial charge in [-0.25, -0.2) is 5.01 Å². The van der Waals surface area contributed by atoms with E-state index in [0.717, 1.165) is 16.7 Å². The summed E-state index contributed by atoms with van der Waals surface area (Å²) in [5.41, 5.74) is 4.16. The van der Waals surface area contributed by atoms with Crippen LogP contribution >= 0.6 is 0 Å². The molecule has 0 unspecified atom stereocenters. The second-order valence-electron chi connectivity index (χ2n) is 8.19. The number of nitrogens with zero attached hydrogens (tertiary/aromatic N) is 2. The minimum Gasteiger partial charge on any atom is -0.467 e. The van der Waals surface area contributed by atoms with E-state index >= 15 is 0 Å². The number of hydrogen-bond donors (Lipinski definition) is 2. The van der Waals surface area contributed by atoms with Crippen LogP contribution in [0.1, 0.15) is 45.7 Å². The molecule has 4 rings (SSSR count). The molecule has 0 atom stereocenters. The lowest BCUT2D eigenvalue weighted by molar-refractivity contribution is -0.119. The Morgan fingerprint density at radius 3 is 2.59 bits per heavy atom. The van der Waals surface area contributed by atoms with Gasteiger partial charge in [-0.15, -0.1) is 0 Å². The Balaban J connectivity index is 1.40. The van der Waals surface area contributed by atoms with E-state index in [4.69, 9.17) is 4.42 Å². The van der Waals surface area contributed by atoms with Gasteiger partial charge in [0, 0.05) is 24.9 Å². The number of carbonyl (C=O) groups excluding carboxylic acids is 3. The largest absolute Gasteiger partial charge is 0.467 e. The second-order valence-corrected chi connectivity index (χ2v) is 8.19. The van der Waals surface area contributed by atoms with Gasteiger partial charge < -0.3 is 15.1 Å². The molecule has 3 amide bonds. The molecule has 0 saturated heterocycles. The van der Waals surface area contributed by atoms with Gasteiger partial charge in [-0.1, -0.05) is 24.3 Å². The molecule has 2 N–H and O–H groups in total. The zero-order valence-electron chi connectivity index (χ0n) is 19.1. The summed E-state index contributed by atoms with van der Waals surface area (Å²) >= 11 is 0. The number of anilines is 1. The van der Waals surface area contributed by atoms with E-state index in [1.54, 1.807) is 36.6 Å². The molecule has 174 valence electrons. The SMILES string of the molecule is Cc1ccc(C)c(N2N=C(C(=O)NCc3cccc(C(=O)NCc4ccco4)c3)CCC2=O)c1. The van der Waals surface area contributed by atoms with Gasteiger partial charge >= 0.3 is 0 Å². The van der Waals surface area contributed by atoms with Crippen LogP contribution < -0.4 is 15.6 Å². The van der Waals surface area contributed by atoms with Gasteiger partial charge in [0.25, 0.3) is 11.8 Å². The molecule has 0 spiro atoms. The van der Waals surface area contributed by atoms with Crippen LogP contribution in [-0.4, -0.2) is 23.4 Å². The molecule has 1 aliphatic rings. The Kier molecular flexibility index (Phi) is 6.87. The quantitative estimate of drug-likeness (QED) is 0.564. The highest BCUT2D eigenvalue weighted by atomic mass is 16.3. The first-order valence-corrected chi connectivity index (χ1v) is 11.1. The molecule has 1 aromatic heterocycles. The van der Waals surface area contributed by atoms with Crippen LogP contribution in [0.5, 0.6) is 0 Å². The molecule has 2 heterocycles. The number of amides is 3. The number of aryl methyl sites for hydroxylation is 2. The summed E-state index contributed by atoms with van der Waals surface area (Å²) in [7, 11) is 0. The summed E-state index contributed by atoms with van der Waals surface area (Å²) in [6.45, 7) is 4.38. The third-order valence-electron chi connectivity index (χ3n) is 5.53. The average molecular weight is 459 g/mol. The molecule has 0 aliphatic carbocycles. The highest BCUT2D eigenvalue weighted by Gasteiger charge is 2.26. The highest BCUT2D eigenvalue weighted by Crippen LogP contribution is 2.25. The van der Waals surface area contributed by atoms with Gasteiger partial charge in [0.2, 0.25) is 5.91 Å². The van der Waals surface area contributed by atoms with Crippen molar-refractivity contribution in [3.05, 3.63) is 88.9 Å². The zero-order valence-corrected chi connectivity index (χ0v) is 19.1. The van der Waals surface area contributed by atoms with E-state index in [0.29, 0.717) is 29.3 Å². The summed E-state index contributed by atoms with van der Waals surface area (Å²) in [6.07, 6.45) is 2.05. The summed E-state index contributed by atoms with van der Waals surface area (Å²) in [5.74, 6) is -0.0451. The summed E-state index contributed by atoms with van der Waals surface area (Å²) in [4.78, 5) is 37.7. The topological polar surface area (TPSA) is 104 Å². The van der Waals surface area contributed by atoms with Gasteiger partial charge in [0.15, 0.2) is 0 Å². The van der Waals surface area contributed by atoms with Crippen molar-refractivity contribution in [2.75, 3.05) is 5.01 Å². The van der Waals surface area contributed by atoms with E-state index < -0.39 is 0 Å². The lowest BCUT2D eigenvalue weighted by Crippen LogP contribution is -2.39. The number of carbonyl (C=O) groups is 3. The van der Waals surface area contributed by atoms with E-state index in [-0.39, 0.29) is 37.1 Å². The van der Waals surface area contributed by atoms with Crippen LogP contribution in [0.3, 0.4) is 0 Å². The van der Waals surface area contributed by atoms with E-state index in [1.165, 1.54) is 5.01 Å². The number of nitrogens with one attached hydrogen (secondary N) is 2. The molecule has 34 heavy (non-hydrogen) atoms. The molecule has 0 fully saturated rings. The van der Waals surface area contributed by atoms with Crippen LogP contribution in [0.25, 0.3) is 0 Å². The monoisotopic (exact) mass is 458 g/mol. The molecule has 0 bridgehead atoms. The fourth-order valence-corrected chi connectivity index (χ4v) is 3.64. The van der Waals surface area contributed by atoms with Crippen molar-refractivity contribution >= 4 is 29.1 Å². The number of benzene rings is 2. The number of hydrazone groups is 1. The van der Waals surface area contributed by atoms with Crippen molar-refractivity contribution in [2.45, 2.75) is 39.8 Å². The molecule has 2 aromatic carbocycles. The van der Waals surface area contributed by atoms with E-state index in [2.05, 4.69) is 15.7 Å². The Labute approximate surface area is 197 Å². The van der Waals surface area contributed by atoms with Crippen molar-refractivity contribution < 1.29 is 18.8 Å². The smallest absolute Gasteiger partial charge is 0.267 e. The van der Waals surface area contributed by atoms with Gasteiger partial charge in [0.1, 0.15) is 11.5 Å². The first-order valence-electron chi connectivity index (χ1n) is 11.1. The normalized spacial score (nSPS) is 13.4. The number of furan rings is 1. The van der Waals surface area contributed by atoms with Crippen molar-refractivity contribution in [1.29, 1.82) is 0 Å². The molecule has 3 aromatic rings. The van der Waals surface area contributed by atoms with E-state index in [1.807, 2.05) is 38.1 Å². The number of hydrogen-bond acceptors (Lipinski definition) is 5. The molecular weight excluding hydrogens is 432 g/mol. The first-order chi connectivity index (χ1) is 16.4. The maximum absolute atomic E-state index is 12.8. The molecule has 8 heteroatoms. The summed E-state index contributed by atoms with van der Waals surface area (Å²) in [5, 5.41) is 11.3. The Morgan fingerprint density at radius 2 is 1.79 bits per heavy atom. The minimum absolute atomic E-state index is 0.140. The van der Waals surface area contributed by atoms with Crippen LogP contribution in [-0.2, 0) is 22.7 Å². The highest BCUT2D eigenvalue weighted by molar-refractivity contribution is 6.40. The predicted octanol–water partition coefficient (Wildman–Crippen LogP) is 3.63. The summed E-state index contributed by atoms with van der Waals surface area (Å²) in [6, 6.07) is 16.4. The lowest BCUT2D eigenvalue weighted by atomic mass is 10.1. The third kappa shape index (κ3) is 5.40. The third-order valence-corrected chi connectivity index (χ3v) is 5.53. The molecule has 1 aliphatic heterocycles. The maximum Gasteiger partial charge on any atom is 0.267 e. The van der Waals surface area contributed by atoms with Crippen LogP contribution in [0.15, 0.2) is 70.4 Å². The second kappa shape index (κ2) is 10.2. The van der Waals surface area contributed by atoms with Gasteiger partial charge in [0.05, 0.1) is 18.5 Å². The fraction of sp³-hybridized carbons (Fsp3) is 0.231. The van der Waals surface area contributed by atoms with Crippen molar-refractivity contribution in [3.63, 3.8) is 0 Å². The van der Waals surface area contributed by atoms with Crippen LogP contribution in [0.4, 0.5) is 5.69 Å². The minimum atomic E-state index is -0.338. The van der Waals surface area contributed by atoms with E-state index in [9.17, 15) is 14.4 Å². The Morgan fingerprint density at radius 1 is 0.971 bits per heavy atom.